The molecule has 19 heavy (non-hydrogen) atoms. The maximum Gasteiger partial charge on any atom is 0.219 e. The van der Waals surface area contributed by atoms with Gasteiger partial charge in [0.2, 0.25) is 5.88 Å². The van der Waals surface area contributed by atoms with Crippen LogP contribution in [0.2, 0.25) is 0 Å². The standard InChI is InChI=1S/C14H18N4O/c1-2-6-12-16-13(18-15)9-14(17-12)19-10-11-7-4-3-5-8-11/h3-5,7-9H,2,6,10,15H2,1H3,(H,16,17,18). The van der Waals surface area contributed by atoms with E-state index >= 15 is 0 Å². The van der Waals surface area contributed by atoms with E-state index in [-0.39, 0.29) is 0 Å². The van der Waals surface area contributed by atoms with Gasteiger partial charge >= 0.3 is 0 Å². The van der Waals surface area contributed by atoms with E-state index in [4.69, 9.17) is 10.6 Å². The maximum absolute atomic E-state index is 5.67. The molecule has 0 atom stereocenters. The van der Waals surface area contributed by atoms with E-state index in [2.05, 4.69) is 22.3 Å². The highest BCUT2D eigenvalue weighted by molar-refractivity contribution is 5.37. The maximum atomic E-state index is 5.67. The van der Waals surface area contributed by atoms with Crippen molar-refractivity contribution in [3.05, 3.63) is 47.8 Å². The first kappa shape index (κ1) is 13.3. The number of benzene rings is 1. The van der Waals surface area contributed by atoms with E-state index in [0.717, 1.165) is 24.2 Å². The summed E-state index contributed by atoms with van der Waals surface area (Å²) < 4.78 is 5.67. The lowest BCUT2D eigenvalue weighted by atomic mass is 10.2. The van der Waals surface area contributed by atoms with Gasteiger partial charge in [0.1, 0.15) is 18.2 Å². The normalized spacial score (nSPS) is 10.2. The zero-order valence-electron chi connectivity index (χ0n) is 11.0. The number of aryl methyl sites for hydroxylation is 1. The summed E-state index contributed by atoms with van der Waals surface area (Å²) in [6.45, 7) is 2.56. The molecule has 0 bridgehead atoms. The van der Waals surface area contributed by atoms with Crippen molar-refractivity contribution in [2.24, 2.45) is 5.84 Å². The SMILES string of the molecule is CCCc1nc(NN)cc(OCc2ccccc2)n1. The number of nitrogens with two attached hydrogens (primary N) is 1. The van der Waals surface area contributed by atoms with Crippen LogP contribution in [0, 0.1) is 0 Å². The number of nitrogen functional groups attached to an aromatic ring is 1. The molecule has 0 saturated heterocycles. The number of ether oxygens (including phenoxy) is 1. The fourth-order valence-corrected chi connectivity index (χ4v) is 1.69. The Morgan fingerprint density at radius 3 is 2.68 bits per heavy atom. The number of anilines is 1. The molecule has 3 N–H and O–H groups in total. The number of hydrogen-bond acceptors (Lipinski definition) is 5. The van der Waals surface area contributed by atoms with Crippen molar-refractivity contribution < 1.29 is 4.74 Å². The van der Waals surface area contributed by atoms with E-state index in [9.17, 15) is 0 Å². The molecule has 0 fully saturated rings. The second kappa shape index (κ2) is 6.70. The van der Waals surface area contributed by atoms with Crippen LogP contribution in [-0.4, -0.2) is 9.97 Å². The molecule has 0 unspecified atom stereocenters. The largest absolute Gasteiger partial charge is 0.473 e. The zero-order valence-corrected chi connectivity index (χ0v) is 11.0. The molecule has 2 rings (SSSR count). The van der Waals surface area contributed by atoms with Crippen molar-refractivity contribution in [1.29, 1.82) is 0 Å². The van der Waals surface area contributed by atoms with Crippen molar-refractivity contribution >= 4 is 5.82 Å². The lowest BCUT2D eigenvalue weighted by Crippen LogP contribution is -2.11. The molecule has 1 aromatic carbocycles. The molecular formula is C14H18N4O. The van der Waals surface area contributed by atoms with Crippen molar-refractivity contribution in [1.82, 2.24) is 9.97 Å². The lowest BCUT2D eigenvalue weighted by molar-refractivity contribution is 0.292. The van der Waals surface area contributed by atoms with Crippen molar-refractivity contribution in [2.45, 2.75) is 26.4 Å². The summed E-state index contributed by atoms with van der Waals surface area (Å²) in [5.74, 6) is 7.24. The molecule has 1 heterocycles. The highest BCUT2D eigenvalue weighted by atomic mass is 16.5. The Kier molecular flexibility index (Phi) is 4.69. The van der Waals surface area contributed by atoms with Gasteiger partial charge in [-0.05, 0) is 12.0 Å². The van der Waals surface area contributed by atoms with E-state index in [0.29, 0.717) is 18.3 Å². The molecule has 5 heteroatoms. The van der Waals surface area contributed by atoms with Gasteiger partial charge in [-0.2, -0.15) is 4.98 Å². The van der Waals surface area contributed by atoms with Crippen LogP contribution in [0.3, 0.4) is 0 Å². The first-order chi connectivity index (χ1) is 9.31. The molecule has 2 aromatic rings. The molecule has 0 aliphatic heterocycles. The third-order valence-electron chi connectivity index (χ3n) is 2.60. The Hall–Kier alpha value is -2.14. The third kappa shape index (κ3) is 3.93. The van der Waals surface area contributed by atoms with Crippen LogP contribution in [0.5, 0.6) is 5.88 Å². The minimum atomic E-state index is 0.480. The average Bonchev–Trinajstić information content (AvgIpc) is 2.46. The summed E-state index contributed by atoms with van der Waals surface area (Å²) in [4.78, 5) is 8.63. The predicted molar refractivity (Wildman–Crippen MR) is 74.6 cm³/mol. The van der Waals surface area contributed by atoms with E-state index in [1.54, 1.807) is 6.07 Å². The Labute approximate surface area is 112 Å². The first-order valence-electron chi connectivity index (χ1n) is 6.33. The molecule has 0 spiro atoms. The highest BCUT2D eigenvalue weighted by Crippen LogP contribution is 2.15. The number of nitrogens with zero attached hydrogens (tertiary/aromatic N) is 2. The second-order valence-corrected chi connectivity index (χ2v) is 4.18. The number of rotatable bonds is 6. The smallest absolute Gasteiger partial charge is 0.219 e. The van der Waals surface area contributed by atoms with Crippen LogP contribution in [0.1, 0.15) is 24.7 Å². The lowest BCUT2D eigenvalue weighted by Gasteiger charge is -2.09. The van der Waals surface area contributed by atoms with E-state index in [1.807, 2.05) is 30.3 Å². The molecule has 100 valence electrons. The summed E-state index contributed by atoms with van der Waals surface area (Å²) in [5.41, 5.74) is 3.63. The van der Waals surface area contributed by atoms with Gasteiger partial charge in [-0.15, -0.1) is 0 Å². The van der Waals surface area contributed by atoms with Crippen LogP contribution in [-0.2, 0) is 13.0 Å². The second-order valence-electron chi connectivity index (χ2n) is 4.18. The van der Waals surface area contributed by atoms with Gasteiger partial charge < -0.3 is 10.2 Å². The van der Waals surface area contributed by atoms with Crippen LogP contribution in [0.25, 0.3) is 0 Å². The van der Waals surface area contributed by atoms with Crippen molar-refractivity contribution in [3.63, 3.8) is 0 Å². The molecule has 1 aromatic heterocycles. The van der Waals surface area contributed by atoms with Gasteiger partial charge in [0, 0.05) is 12.5 Å². The van der Waals surface area contributed by atoms with Crippen molar-refractivity contribution in [3.8, 4) is 5.88 Å². The number of hydrazine groups is 1. The number of aromatic nitrogens is 2. The average molecular weight is 258 g/mol. The molecule has 0 radical (unpaired) electrons. The molecule has 0 saturated carbocycles. The Balaban J connectivity index is 2.08. The fraction of sp³-hybridized carbons (Fsp3) is 0.286. The Morgan fingerprint density at radius 1 is 1.21 bits per heavy atom. The number of nitrogens with one attached hydrogen (secondary N) is 1. The molecule has 0 aliphatic carbocycles. The summed E-state index contributed by atoms with van der Waals surface area (Å²) >= 11 is 0. The van der Waals surface area contributed by atoms with Crippen LogP contribution in [0.4, 0.5) is 5.82 Å². The summed E-state index contributed by atoms with van der Waals surface area (Å²) in [7, 11) is 0. The zero-order chi connectivity index (χ0) is 13.5. The fourth-order valence-electron chi connectivity index (χ4n) is 1.69. The van der Waals surface area contributed by atoms with Gasteiger partial charge in [0.05, 0.1) is 0 Å². The third-order valence-corrected chi connectivity index (χ3v) is 2.60. The summed E-state index contributed by atoms with van der Waals surface area (Å²) in [5, 5.41) is 0. The van der Waals surface area contributed by atoms with Gasteiger partial charge in [-0.3, -0.25) is 0 Å². The first-order valence-corrected chi connectivity index (χ1v) is 6.33. The topological polar surface area (TPSA) is 73.1 Å². The van der Waals surface area contributed by atoms with Crippen LogP contribution in [0.15, 0.2) is 36.4 Å². The van der Waals surface area contributed by atoms with Gasteiger partial charge in [-0.25, -0.2) is 10.8 Å². The van der Waals surface area contributed by atoms with Crippen LogP contribution >= 0.6 is 0 Å². The monoisotopic (exact) mass is 258 g/mol. The quantitative estimate of drug-likeness (QED) is 0.614. The Morgan fingerprint density at radius 2 is 2.00 bits per heavy atom. The van der Waals surface area contributed by atoms with E-state index in [1.165, 1.54) is 0 Å². The predicted octanol–water partition coefficient (Wildman–Crippen LogP) is 2.29. The minimum Gasteiger partial charge on any atom is -0.473 e. The van der Waals surface area contributed by atoms with Gasteiger partial charge in [0.25, 0.3) is 0 Å². The minimum absolute atomic E-state index is 0.480. The molecular weight excluding hydrogens is 240 g/mol. The van der Waals surface area contributed by atoms with Crippen molar-refractivity contribution in [2.75, 3.05) is 5.43 Å². The van der Waals surface area contributed by atoms with Crippen LogP contribution < -0.4 is 16.0 Å². The molecule has 0 amide bonds. The van der Waals surface area contributed by atoms with Gasteiger partial charge in [0.15, 0.2) is 0 Å². The number of hydrogen-bond donors (Lipinski definition) is 2. The molecule has 5 nitrogen and oxygen atoms in total. The molecule has 0 aliphatic rings. The summed E-state index contributed by atoms with van der Waals surface area (Å²) in [6, 6.07) is 11.7. The van der Waals surface area contributed by atoms with Gasteiger partial charge in [-0.1, -0.05) is 37.3 Å². The Bertz CT molecular complexity index is 516. The van der Waals surface area contributed by atoms with E-state index < -0.39 is 0 Å². The highest BCUT2D eigenvalue weighted by Gasteiger charge is 2.04. The summed E-state index contributed by atoms with van der Waals surface area (Å²) in [6.07, 6.45) is 1.78.